The Balaban J connectivity index is 2.09. The summed E-state index contributed by atoms with van der Waals surface area (Å²) in [6, 6.07) is 0.551. The highest BCUT2D eigenvalue weighted by Gasteiger charge is 2.26. The zero-order chi connectivity index (χ0) is 10.7. The number of anilines is 1. The topological polar surface area (TPSA) is 29.0 Å². The summed E-state index contributed by atoms with van der Waals surface area (Å²) < 4.78 is 0. The van der Waals surface area contributed by atoms with E-state index < -0.39 is 0 Å². The van der Waals surface area contributed by atoms with Gasteiger partial charge in [-0.2, -0.15) is 0 Å². The zero-order valence-electron chi connectivity index (χ0n) is 8.93. The van der Waals surface area contributed by atoms with Gasteiger partial charge in [0.15, 0.2) is 0 Å². The molecular weight excluding hydrogens is 254 g/mol. The molecule has 15 heavy (non-hydrogen) atoms. The SMILES string of the molecule is CN(c1cnccn1)C1CCCCC1Br. The molecule has 1 saturated carbocycles. The molecule has 0 amide bonds. The fourth-order valence-electron chi connectivity index (χ4n) is 2.15. The van der Waals surface area contributed by atoms with Gasteiger partial charge in [0.1, 0.15) is 5.82 Å². The third kappa shape index (κ3) is 2.48. The molecule has 1 aliphatic rings. The van der Waals surface area contributed by atoms with E-state index in [1.165, 1.54) is 25.7 Å². The van der Waals surface area contributed by atoms with Crippen LogP contribution in [0.1, 0.15) is 25.7 Å². The van der Waals surface area contributed by atoms with E-state index in [1.54, 1.807) is 12.4 Å². The first-order valence-electron chi connectivity index (χ1n) is 5.42. The van der Waals surface area contributed by atoms with Gasteiger partial charge in [0.25, 0.3) is 0 Å². The van der Waals surface area contributed by atoms with Crippen LogP contribution in [-0.2, 0) is 0 Å². The number of aromatic nitrogens is 2. The molecule has 0 aromatic carbocycles. The average molecular weight is 270 g/mol. The van der Waals surface area contributed by atoms with Crippen LogP contribution in [0.3, 0.4) is 0 Å². The van der Waals surface area contributed by atoms with Crippen molar-refractivity contribution < 1.29 is 0 Å². The van der Waals surface area contributed by atoms with Crippen molar-refractivity contribution in [2.45, 2.75) is 36.6 Å². The van der Waals surface area contributed by atoms with Gasteiger partial charge in [-0.15, -0.1) is 0 Å². The third-order valence-electron chi connectivity index (χ3n) is 3.06. The summed E-state index contributed by atoms with van der Waals surface area (Å²) in [6.45, 7) is 0. The normalized spacial score (nSPS) is 26.3. The van der Waals surface area contributed by atoms with Gasteiger partial charge >= 0.3 is 0 Å². The molecule has 1 aromatic rings. The van der Waals surface area contributed by atoms with Gasteiger partial charge in [0.2, 0.25) is 0 Å². The largest absolute Gasteiger partial charge is 0.354 e. The van der Waals surface area contributed by atoms with E-state index in [9.17, 15) is 0 Å². The Morgan fingerprint density at radius 1 is 1.33 bits per heavy atom. The fourth-order valence-corrected chi connectivity index (χ4v) is 3.09. The fraction of sp³-hybridized carbons (Fsp3) is 0.636. The average Bonchev–Trinajstić information content (AvgIpc) is 2.30. The molecule has 0 N–H and O–H groups in total. The Bertz CT molecular complexity index is 304. The maximum absolute atomic E-state index is 4.33. The van der Waals surface area contributed by atoms with Crippen LogP contribution in [0.5, 0.6) is 0 Å². The molecule has 2 rings (SSSR count). The molecule has 2 unspecified atom stereocenters. The maximum Gasteiger partial charge on any atom is 0.147 e. The van der Waals surface area contributed by atoms with E-state index in [-0.39, 0.29) is 0 Å². The monoisotopic (exact) mass is 269 g/mol. The minimum atomic E-state index is 0.551. The zero-order valence-corrected chi connectivity index (χ0v) is 10.5. The highest BCUT2D eigenvalue weighted by molar-refractivity contribution is 9.09. The summed E-state index contributed by atoms with van der Waals surface area (Å²) in [6.07, 6.45) is 10.4. The van der Waals surface area contributed by atoms with Gasteiger partial charge in [0, 0.05) is 30.3 Å². The lowest BCUT2D eigenvalue weighted by molar-refractivity contribution is 0.442. The molecule has 0 bridgehead atoms. The van der Waals surface area contributed by atoms with Crippen molar-refractivity contribution in [2.75, 3.05) is 11.9 Å². The van der Waals surface area contributed by atoms with Crippen LogP contribution in [0.2, 0.25) is 0 Å². The Labute approximate surface area is 99.0 Å². The standard InChI is InChI=1S/C11H16BrN3/c1-15(11-8-13-6-7-14-11)10-5-3-2-4-9(10)12/h6-10H,2-5H2,1H3. The van der Waals surface area contributed by atoms with Gasteiger partial charge in [-0.25, -0.2) is 4.98 Å². The second kappa shape index (κ2) is 4.92. The second-order valence-electron chi connectivity index (χ2n) is 4.04. The molecule has 0 radical (unpaired) electrons. The highest BCUT2D eigenvalue weighted by atomic mass is 79.9. The molecule has 4 heteroatoms. The lowest BCUT2D eigenvalue weighted by Crippen LogP contribution is -2.41. The Hall–Kier alpha value is -0.640. The summed E-state index contributed by atoms with van der Waals surface area (Å²) in [5.41, 5.74) is 0. The van der Waals surface area contributed by atoms with E-state index in [1.807, 2.05) is 6.20 Å². The third-order valence-corrected chi connectivity index (χ3v) is 4.12. The van der Waals surface area contributed by atoms with Crippen molar-refractivity contribution in [1.29, 1.82) is 0 Å². The van der Waals surface area contributed by atoms with Crippen molar-refractivity contribution in [2.24, 2.45) is 0 Å². The Kier molecular flexibility index (Phi) is 3.57. The Morgan fingerprint density at radius 2 is 2.13 bits per heavy atom. The molecule has 2 atom stereocenters. The van der Waals surface area contributed by atoms with E-state index >= 15 is 0 Å². The molecule has 0 spiro atoms. The molecule has 1 aliphatic carbocycles. The smallest absolute Gasteiger partial charge is 0.147 e. The first kappa shape index (κ1) is 10.9. The maximum atomic E-state index is 4.33. The number of rotatable bonds is 2. The molecule has 0 saturated heterocycles. The lowest BCUT2D eigenvalue weighted by atomic mass is 9.94. The van der Waals surface area contributed by atoms with E-state index in [0.717, 1.165) is 5.82 Å². The lowest BCUT2D eigenvalue weighted by Gasteiger charge is -2.35. The second-order valence-corrected chi connectivity index (χ2v) is 5.22. The minimum absolute atomic E-state index is 0.551. The van der Waals surface area contributed by atoms with E-state index in [4.69, 9.17) is 0 Å². The van der Waals surface area contributed by atoms with Crippen LogP contribution in [0.15, 0.2) is 18.6 Å². The van der Waals surface area contributed by atoms with Crippen LogP contribution >= 0.6 is 15.9 Å². The van der Waals surface area contributed by atoms with Gasteiger partial charge in [-0.3, -0.25) is 4.98 Å². The molecule has 1 aromatic heterocycles. The van der Waals surface area contributed by atoms with Gasteiger partial charge in [-0.05, 0) is 12.8 Å². The van der Waals surface area contributed by atoms with Crippen LogP contribution in [0, 0.1) is 0 Å². The summed E-state index contributed by atoms with van der Waals surface area (Å²) in [5.74, 6) is 0.967. The van der Waals surface area contributed by atoms with Crippen molar-refractivity contribution in [3.05, 3.63) is 18.6 Å². The highest BCUT2D eigenvalue weighted by Crippen LogP contribution is 2.29. The summed E-state index contributed by atoms with van der Waals surface area (Å²) in [7, 11) is 2.11. The van der Waals surface area contributed by atoms with Gasteiger partial charge in [-0.1, -0.05) is 28.8 Å². The minimum Gasteiger partial charge on any atom is -0.354 e. The number of alkyl halides is 1. The number of hydrogen-bond donors (Lipinski definition) is 0. The Morgan fingerprint density at radius 3 is 2.80 bits per heavy atom. The predicted molar refractivity (Wildman–Crippen MR) is 65.4 cm³/mol. The first-order valence-corrected chi connectivity index (χ1v) is 6.33. The van der Waals surface area contributed by atoms with Crippen LogP contribution in [0.25, 0.3) is 0 Å². The first-order chi connectivity index (χ1) is 7.29. The molecule has 3 nitrogen and oxygen atoms in total. The van der Waals surface area contributed by atoms with Crippen LogP contribution in [-0.4, -0.2) is 27.9 Å². The summed E-state index contributed by atoms with van der Waals surface area (Å²) in [5, 5.41) is 0. The predicted octanol–water partition coefficient (Wildman–Crippen LogP) is 2.62. The van der Waals surface area contributed by atoms with Crippen LogP contribution < -0.4 is 4.90 Å². The summed E-state index contributed by atoms with van der Waals surface area (Å²) in [4.78, 5) is 11.3. The molecule has 0 aliphatic heterocycles. The van der Waals surface area contributed by atoms with Crippen molar-refractivity contribution in [3.8, 4) is 0 Å². The summed E-state index contributed by atoms with van der Waals surface area (Å²) >= 11 is 3.76. The molecule has 1 fully saturated rings. The molecule has 82 valence electrons. The molecular formula is C11H16BrN3. The van der Waals surface area contributed by atoms with Gasteiger partial charge < -0.3 is 4.90 Å². The quantitative estimate of drug-likeness (QED) is 0.773. The van der Waals surface area contributed by atoms with Crippen molar-refractivity contribution in [3.63, 3.8) is 0 Å². The van der Waals surface area contributed by atoms with E-state index in [0.29, 0.717) is 10.9 Å². The number of hydrogen-bond acceptors (Lipinski definition) is 3. The van der Waals surface area contributed by atoms with Crippen LogP contribution in [0.4, 0.5) is 5.82 Å². The van der Waals surface area contributed by atoms with E-state index in [2.05, 4.69) is 37.8 Å². The number of halogens is 1. The van der Waals surface area contributed by atoms with Crippen molar-refractivity contribution in [1.82, 2.24) is 9.97 Å². The van der Waals surface area contributed by atoms with Gasteiger partial charge in [0.05, 0.1) is 6.20 Å². The molecule has 1 heterocycles. The van der Waals surface area contributed by atoms with Crippen molar-refractivity contribution >= 4 is 21.7 Å². The number of nitrogens with zero attached hydrogens (tertiary/aromatic N) is 3.